The number of fused-ring (bicyclic) bond motifs is 1. The van der Waals surface area contributed by atoms with Crippen molar-refractivity contribution in [1.82, 2.24) is 0 Å². The van der Waals surface area contributed by atoms with Gasteiger partial charge in [0.2, 0.25) is 0 Å². The van der Waals surface area contributed by atoms with Gasteiger partial charge in [0.15, 0.2) is 0 Å². The number of thiophene rings is 1. The zero-order chi connectivity index (χ0) is 13.9. The van der Waals surface area contributed by atoms with Gasteiger partial charge in [-0.1, -0.05) is 6.07 Å². The fourth-order valence-corrected chi connectivity index (χ4v) is 2.99. The van der Waals surface area contributed by atoms with Crippen molar-refractivity contribution in [2.24, 2.45) is 0 Å². The van der Waals surface area contributed by atoms with Gasteiger partial charge in [-0.3, -0.25) is 0 Å². The van der Waals surface area contributed by atoms with Gasteiger partial charge in [-0.05, 0) is 41.8 Å². The third kappa shape index (κ3) is 2.70. The lowest BCUT2D eigenvalue weighted by atomic mass is 10.2. The van der Waals surface area contributed by atoms with Crippen LogP contribution < -0.4 is 15.2 Å². The third-order valence-corrected chi connectivity index (χ3v) is 4.10. The average Bonchev–Trinajstić information content (AvgIpc) is 2.87. The van der Waals surface area contributed by atoms with E-state index in [9.17, 15) is 0 Å². The van der Waals surface area contributed by atoms with Gasteiger partial charge in [0, 0.05) is 21.3 Å². The molecule has 0 saturated carbocycles. The minimum absolute atomic E-state index is 0.548. The van der Waals surface area contributed by atoms with Crippen LogP contribution >= 0.6 is 11.3 Å². The molecule has 0 unspecified atom stereocenters. The van der Waals surface area contributed by atoms with Crippen molar-refractivity contribution in [3.63, 3.8) is 0 Å². The van der Waals surface area contributed by atoms with Crippen LogP contribution in [-0.2, 0) is 6.61 Å². The zero-order valence-corrected chi connectivity index (χ0v) is 11.9. The van der Waals surface area contributed by atoms with Crippen LogP contribution in [0.3, 0.4) is 0 Å². The number of hydrogen-bond acceptors (Lipinski definition) is 4. The SMILES string of the molecule is COc1cccc(OCc2cc3cc(N)ccc3s2)c1. The van der Waals surface area contributed by atoms with Crippen molar-refractivity contribution in [3.8, 4) is 11.5 Å². The molecule has 0 saturated heterocycles. The molecule has 0 spiro atoms. The lowest BCUT2D eigenvalue weighted by Gasteiger charge is -2.06. The predicted octanol–water partition coefficient (Wildman–Crippen LogP) is 4.07. The van der Waals surface area contributed by atoms with Crippen LogP contribution in [0.5, 0.6) is 11.5 Å². The van der Waals surface area contributed by atoms with Crippen LogP contribution in [0.4, 0.5) is 5.69 Å². The molecule has 20 heavy (non-hydrogen) atoms. The van der Waals surface area contributed by atoms with E-state index in [-0.39, 0.29) is 0 Å². The lowest BCUT2D eigenvalue weighted by Crippen LogP contribution is -1.93. The summed E-state index contributed by atoms with van der Waals surface area (Å²) >= 11 is 1.72. The average molecular weight is 285 g/mol. The summed E-state index contributed by atoms with van der Waals surface area (Å²) < 4.78 is 12.2. The molecule has 1 heterocycles. The minimum Gasteiger partial charge on any atom is -0.497 e. The summed E-state index contributed by atoms with van der Waals surface area (Å²) in [4.78, 5) is 1.17. The van der Waals surface area contributed by atoms with E-state index in [1.54, 1.807) is 18.4 Å². The van der Waals surface area contributed by atoms with Crippen LogP contribution in [0, 0.1) is 0 Å². The van der Waals surface area contributed by atoms with E-state index in [1.165, 1.54) is 15.0 Å². The Kier molecular flexibility index (Phi) is 3.48. The summed E-state index contributed by atoms with van der Waals surface area (Å²) in [6.45, 7) is 0.548. The van der Waals surface area contributed by atoms with Crippen LogP contribution in [0.15, 0.2) is 48.5 Å². The second-order valence-electron chi connectivity index (χ2n) is 4.48. The molecule has 4 heteroatoms. The number of nitrogens with two attached hydrogens (primary N) is 1. The van der Waals surface area contributed by atoms with E-state index < -0.39 is 0 Å². The molecule has 0 fully saturated rings. The number of rotatable bonds is 4. The Hall–Kier alpha value is -2.20. The largest absolute Gasteiger partial charge is 0.497 e. The summed E-state index contributed by atoms with van der Waals surface area (Å²) in [6.07, 6.45) is 0. The summed E-state index contributed by atoms with van der Waals surface area (Å²) in [5.74, 6) is 1.60. The van der Waals surface area contributed by atoms with E-state index in [0.717, 1.165) is 17.2 Å². The maximum Gasteiger partial charge on any atom is 0.123 e. The summed E-state index contributed by atoms with van der Waals surface area (Å²) in [7, 11) is 1.65. The highest BCUT2D eigenvalue weighted by molar-refractivity contribution is 7.19. The van der Waals surface area contributed by atoms with Gasteiger partial charge in [0.05, 0.1) is 7.11 Å². The van der Waals surface area contributed by atoms with Gasteiger partial charge in [-0.2, -0.15) is 0 Å². The second-order valence-corrected chi connectivity index (χ2v) is 5.65. The highest BCUT2D eigenvalue weighted by Gasteiger charge is 2.04. The first kappa shape index (κ1) is 12.8. The Balaban J connectivity index is 1.76. The zero-order valence-electron chi connectivity index (χ0n) is 11.1. The lowest BCUT2D eigenvalue weighted by molar-refractivity contribution is 0.307. The standard InChI is InChI=1S/C16H15NO2S/c1-18-13-3-2-4-14(9-13)19-10-15-8-11-7-12(17)5-6-16(11)20-15/h2-9H,10,17H2,1H3. The minimum atomic E-state index is 0.548. The van der Waals surface area contributed by atoms with Crippen molar-refractivity contribution in [3.05, 3.63) is 53.4 Å². The molecule has 0 atom stereocenters. The molecule has 0 aliphatic heterocycles. The molecular weight excluding hydrogens is 270 g/mol. The van der Waals surface area contributed by atoms with Crippen LogP contribution in [-0.4, -0.2) is 7.11 Å². The first-order valence-corrected chi connectivity index (χ1v) is 7.11. The number of methoxy groups -OCH3 is 1. The second kappa shape index (κ2) is 5.43. The molecule has 1 aromatic heterocycles. The van der Waals surface area contributed by atoms with Crippen molar-refractivity contribution in [2.75, 3.05) is 12.8 Å². The molecule has 3 aromatic rings. The van der Waals surface area contributed by atoms with E-state index in [2.05, 4.69) is 6.07 Å². The maximum absolute atomic E-state index is 5.79. The summed E-state index contributed by atoms with van der Waals surface area (Å²) in [6, 6.07) is 15.7. The summed E-state index contributed by atoms with van der Waals surface area (Å²) in [5.41, 5.74) is 6.58. The van der Waals surface area contributed by atoms with Crippen molar-refractivity contribution >= 4 is 27.1 Å². The van der Waals surface area contributed by atoms with Gasteiger partial charge in [0.1, 0.15) is 18.1 Å². The van der Waals surface area contributed by atoms with Crippen molar-refractivity contribution in [2.45, 2.75) is 6.61 Å². The number of anilines is 1. The number of ether oxygens (including phenoxy) is 2. The molecule has 0 bridgehead atoms. The number of hydrogen-bond donors (Lipinski definition) is 1. The molecule has 2 N–H and O–H groups in total. The van der Waals surface area contributed by atoms with Gasteiger partial charge in [0.25, 0.3) is 0 Å². The van der Waals surface area contributed by atoms with Crippen molar-refractivity contribution < 1.29 is 9.47 Å². The Morgan fingerprint density at radius 2 is 1.90 bits per heavy atom. The van der Waals surface area contributed by atoms with E-state index in [1.807, 2.05) is 42.5 Å². The fourth-order valence-electron chi connectivity index (χ4n) is 2.03. The van der Waals surface area contributed by atoms with Gasteiger partial charge >= 0.3 is 0 Å². The Bertz CT molecular complexity index is 736. The smallest absolute Gasteiger partial charge is 0.123 e. The molecule has 0 aliphatic rings. The molecule has 0 amide bonds. The van der Waals surface area contributed by atoms with Crippen LogP contribution in [0.1, 0.15) is 4.88 Å². The predicted molar refractivity (Wildman–Crippen MR) is 83.6 cm³/mol. The van der Waals surface area contributed by atoms with Gasteiger partial charge in [-0.15, -0.1) is 11.3 Å². The maximum atomic E-state index is 5.79. The molecule has 3 rings (SSSR count). The fraction of sp³-hybridized carbons (Fsp3) is 0.125. The Morgan fingerprint density at radius 1 is 1.05 bits per heavy atom. The molecular formula is C16H15NO2S. The molecule has 3 nitrogen and oxygen atoms in total. The van der Waals surface area contributed by atoms with Crippen molar-refractivity contribution in [1.29, 1.82) is 0 Å². The first-order valence-electron chi connectivity index (χ1n) is 6.29. The normalized spacial score (nSPS) is 10.7. The highest BCUT2D eigenvalue weighted by Crippen LogP contribution is 2.28. The molecule has 102 valence electrons. The summed E-state index contributed by atoms with van der Waals surface area (Å²) in [5, 5.41) is 1.17. The molecule has 0 radical (unpaired) electrons. The van der Waals surface area contributed by atoms with E-state index >= 15 is 0 Å². The van der Waals surface area contributed by atoms with E-state index in [0.29, 0.717) is 6.61 Å². The number of nitrogen functional groups attached to an aromatic ring is 1. The molecule has 0 aliphatic carbocycles. The van der Waals surface area contributed by atoms with E-state index in [4.69, 9.17) is 15.2 Å². The Morgan fingerprint density at radius 3 is 2.75 bits per heavy atom. The topological polar surface area (TPSA) is 44.5 Å². The monoisotopic (exact) mass is 285 g/mol. The quantitative estimate of drug-likeness (QED) is 0.735. The van der Waals surface area contributed by atoms with Gasteiger partial charge in [-0.25, -0.2) is 0 Å². The third-order valence-electron chi connectivity index (χ3n) is 3.01. The number of benzene rings is 2. The van der Waals surface area contributed by atoms with Gasteiger partial charge < -0.3 is 15.2 Å². The van der Waals surface area contributed by atoms with Crippen LogP contribution in [0.25, 0.3) is 10.1 Å². The highest BCUT2D eigenvalue weighted by atomic mass is 32.1. The Labute approximate surface area is 121 Å². The first-order chi connectivity index (χ1) is 9.74. The van der Waals surface area contributed by atoms with Crippen LogP contribution in [0.2, 0.25) is 0 Å². The molecule has 2 aromatic carbocycles.